The van der Waals surface area contributed by atoms with E-state index in [0.717, 1.165) is 0 Å². The number of ether oxygens (including phenoxy) is 2. The van der Waals surface area contributed by atoms with Crippen LogP contribution in [0.2, 0.25) is 0 Å². The van der Waals surface area contributed by atoms with Gasteiger partial charge in [-0.15, -0.1) is 0 Å². The lowest BCUT2D eigenvalue weighted by Gasteiger charge is -2.15. The summed E-state index contributed by atoms with van der Waals surface area (Å²) >= 11 is 0. The fourth-order valence-corrected chi connectivity index (χ4v) is 1.46. The van der Waals surface area contributed by atoms with Gasteiger partial charge in [-0.25, -0.2) is 0 Å². The summed E-state index contributed by atoms with van der Waals surface area (Å²) < 4.78 is 10.0. The van der Waals surface area contributed by atoms with Crippen molar-refractivity contribution in [3.8, 4) is 0 Å². The smallest absolute Gasteiger partial charge is 0.313 e. The van der Waals surface area contributed by atoms with Crippen molar-refractivity contribution < 1.29 is 14.3 Å². The van der Waals surface area contributed by atoms with Crippen LogP contribution in [0.3, 0.4) is 0 Å². The molecule has 4 nitrogen and oxygen atoms in total. The van der Waals surface area contributed by atoms with Crippen molar-refractivity contribution in [2.75, 3.05) is 13.7 Å². The van der Waals surface area contributed by atoms with E-state index in [-0.39, 0.29) is 24.0 Å². The lowest BCUT2D eigenvalue weighted by atomic mass is 10.1. The van der Waals surface area contributed by atoms with E-state index in [1.54, 1.807) is 14.0 Å². The van der Waals surface area contributed by atoms with Gasteiger partial charge in [-0.05, 0) is 13.3 Å². The molecule has 0 bridgehead atoms. The molecule has 0 fully saturated rings. The Hall–Kier alpha value is -0.870. The molecular weight excluding hydrogens is 182 g/mol. The summed E-state index contributed by atoms with van der Waals surface area (Å²) in [5.41, 5.74) is 5.63. The van der Waals surface area contributed by atoms with E-state index in [1.807, 2.05) is 12.2 Å². The van der Waals surface area contributed by atoms with Gasteiger partial charge >= 0.3 is 5.97 Å². The standard InChI is InChI=1S/C10H17NO3/c1-7(6-13-2)14-10(12)8-3-4-9(11)5-8/h3-4,7-9H,5-6,11H2,1-2H3. The molecule has 14 heavy (non-hydrogen) atoms. The van der Waals surface area contributed by atoms with Crippen LogP contribution in [0.4, 0.5) is 0 Å². The summed E-state index contributed by atoms with van der Waals surface area (Å²) in [4.78, 5) is 11.5. The van der Waals surface area contributed by atoms with Crippen LogP contribution in [-0.2, 0) is 14.3 Å². The van der Waals surface area contributed by atoms with Gasteiger partial charge in [0, 0.05) is 13.2 Å². The highest BCUT2D eigenvalue weighted by molar-refractivity contribution is 5.75. The Bertz CT molecular complexity index is 227. The number of methoxy groups -OCH3 is 1. The highest BCUT2D eigenvalue weighted by atomic mass is 16.6. The summed E-state index contributed by atoms with van der Waals surface area (Å²) in [5.74, 6) is -0.386. The maximum absolute atomic E-state index is 11.5. The van der Waals surface area contributed by atoms with Gasteiger partial charge in [0.25, 0.3) is 0 Å². The molecule has 4 heteroatoms. The lowest BCUT2D eigenvalue weighted by Crippen LogP contribution is -2.25. The van der Waals surface area contributed by atoms with Gasteiger partial charge < -0.3 is 15.2 Å². The van der Waals surface area contributed by atoms with Gasteiger partial charge in [-0.3, -0.25) is 4.79 Å². The van der Waals surface area contributed by atoms with Crippen molar-refractivity contribution in [2.24, 2.45) is 11.7 Å². The number of carbonyl (C=O) groups is 1. The zero-order valence-electron chi connectivity index (χ0n) is 8.60. The number of hydrogen-bond acceptors (Lipinski definition) is 4. The van der Waals surface area contributed by atoms with Crippen LogP contribution >= 0.6 is 0 Å². The maximum atomic E-state index is 11.5. The highest BCUT2D eigenvalue weighted by Gasteiger charge is 2.25. The number of rotatable bonds is 4. The van der Waals surface area contributed by atoms with Crippen LogP contribution in [0.15, 0.2) is 12.2 Å². The first-order valence-corrected chi connectivity index (χ1v) is 4.76. The quantitative estimate of drug-likeness (QED) is 0.528. The monoisotopic (exact) mass is 199 g/mol. The Balaban J connectivity index is 2.32. The Morgan fingerprint density at radius 3 is 2.86 bits per heavy atom. The van der Waals surface area contributed by atoms with E-state index in [2.05, 4.69) is 0 Å². The molecule has 3 atom stereocenters. The molecule has 3 unspecified atom stereocenters. The first kappa shape index (κ1) is 11.2. The molecule has 0 saturated carbocycles. The third-order valence-electron chi connectivity index (χ3n) is 2.14. The van der Waals surface area contributed by atoms with Gasteiger partial charge in [-0.2, -0.15) is 0 Å². The summed E-state index contributed by atoms with van der Waals surface area (Å²) in [7, 11) is 1.58. The molecule has 0 aromatic rings. The Kier molecular flexibility index (Phi) is 4.10. The van der Waals surface area contributed by atoms with E-state index in [1.165, 1.54) is 0 Å². The molecule has 0 aromatic carbocycles. The minimum Gasteiger partial charge on any atom is -0.460 e. The van der Waals surface area contributed by atoms with Gasteiger partial charge in [0.05, 0.1) is 12.5 Å². The largest absolute Gasteiger partial charge is 0.460 e. The van der Waals surface area contributed by atoms with Crippen LogP contribution < -0.4 is 5.73 Å². The Morgan fingerprint density at radius 1 is 1.64 bits per heavy atom. The minimum atomic E-state index is -0.209. The van der Waals surface area contributed by atoms with Gasteiger partial charge in [0.1, 0.15) is 6.10 Å². The second-order valence-corrected chi connectivity index (χ2v) is 3.59. The molecule has 1 aliphatic rings. The second-order valence-electron chi connectivity index (χ2n) is 3.59. The summed E-state index contributed by atoms with van der Waals surface area (Å²) in [5, 5.41) is 0. The van der Waals surface area contributed by atoms with Crippen LogP contribution in [0.25, 0.3) is 0 Å². The van der Waals surface area contributed by atoms with Crippen molar-refractivity contribution in [1.82, 2.24) is 0 Å². The van der Waals surface area contributed by atoms with E-state index >= 15 is 0 Å². The molecule has 2 N–H and O–H groups in total. The van der Waals surface area contributed by atoms with Crippen molar-refractivity contribution >= 4 is 5.97 Å². The van der Waals surface area contributed by atoms with Crippen LogP contribution in [0, 0.1) is 5.92 Å². The molecule has 0 heterocycles. The first-order chi connectivity index (χ1) is 6.63. The van der Waals surface area contributed by atoms with Crippen molar-refractivity contribution in [2.45, 2.75) is 25.5 Å². The summed E-state index contributed by atoms with van der Waals surface area (Å²) in [6.45, 7) is 2.23. The molecule has 1 aliphatic carbocycles. The predicted molar refractivity (Wildman–Crippen MR) is 52.7 cm³/mol. The zero-order chi connectivity index (χ0) is 10.6. The van der Waals surface area contributed by atoms with Crippen molar-refractivity contribution in [3.63, 3.8) is 0 Å². The normalized spacial score (nSPS) is 27.6. The van der Waals surface area contributed by atoms with Crippen LogP contribution in [-0.4, -0.2) is 31.8 Å². The second kappa shape index (κ2) is 5.12. The molecule has 0 spiro atoms. The number of esters is 1. The first-order valence-electron chi connectivity index (χ1n) is 4.76. The van der Waals surface area contributed by atoms with Gasteiger partial charge in [-0.1, -0.05) is 12.2 Å². The SMILES string of the molecule is COCC(C)OC(=O)C1C=CC(N)C1. The average Bonchev–Trinajstić information content (AvgIpc) is 2.52. The summed E-state index contributed by atoms with van der Waals surface area (Å²) in [6.07, 6.45) is 4.11. The molecule has 0 aliphatic heterocycles. The van der Waals surface area contributed by atoms with Crippen molar-refractivity contribution in [3.05, 3.63) is 12.2 Å². The van der Waals surface area contributed by atoms with E-state index < -0.39 is 0 Å². The Labute approximate surface area is 84.1 Å². The molecular formula is C10H17NO3. The average molecular weight is 199 g/mol. The minimum absolute atomic E-state index is 0.00900. The highest BCUT2D eigenvalue weighted by Crippen LogP contribution is 2.18. The lowest BCUT2D eigenvalue weighted by molar-refractivity contribution is -0.153. The van der Waals surface area contributed by atoms with E-state index in [9.17, 15) is 4.79 Å². The molecule has 0 amide bonds. The number of carbonyl (C=O) groups excluding carboxylic acids is 1. The van der Waals surface area contributed by atoms with Gasteiger partial charge in [0.2, 0.25) is 0 Å². The van der Waals surface area contributed by atoms with E-state index in [0.29, 0.717) is 13.0 Å². The molecule has 0 aromatic heterocycles. The molecule has 80 valence electrons. The third kappa shape index (κ3) is 3.12. The summed E-state index contributed by atoms with van der Waals surface area (Å²) in [6, 6.07) is -0.00900. The third-order valence-corrected chi connectivity index (χ3v) is 2.14. The van der Waals surface area contributed by atoms with Crippen LogP contribution in [0.1, 0.15) is 13.3 Å². The van der Waals surface area contributed by atoms with E-state index in [4.69, 9.17) is 15.2 Å². The van der Waals surface area contributed by atoms with Crippen molar-refractivity contribution in [1.29, 1.82) is 0 Å². The maximum Gasteiger partial charge on any atom is 0.313 e. The molecule has 0 saturated heterocycles. The fraction of sp³-hybridized carbons (Fsp3) is 0.700. The topological polar surface area (TPSA) is 61.5 Å². The molecule has 0 radical (unpaired) electrons. The fourth-order valence-electron chi connectivity index (χ4n) is 1.46. The molecule has 1 rings (SSSR count). The predicted octanol–water partition coefficient (Wildman–Crippen LogP) is 0.468. The Morgan fingerprint density at radius 2 is 2.36 bits per heavy atom. The number of nitrogens with two attached hydrogens (primary N) is 1. The van der Waals surface area contributed by atoms with Gasteiger partial charge in [0.15, 0.2) is 0 Å². The zero-order valence-corrected chi connectivity index (χ0v) is 8.60. The van der Waals surface area contributed by atoms with Crippen LogP contribution in [0.5, 0.6) is 0 Å². The number of hydrogen-bond donors (Lipinski definition) is 1.